The second-order valence-corrected chi connectivity index (χ2v) is 4.25. The third-order valence-corrected chi connectivity index (χ3v) is 2.64. The molecule has 2 aromatic rings. The summed E-state index contributed by atoms with van der Waals surface area (Å²) in [5, 5.41) is 2.63. The van der Waals surface area contributed by atoms with Gasteiger partial charge in [-0.2, -0.15) is 0 Å². The number of para-hydroxylation sites is 1. The summed E-state index contributed by atoms with van der Waals surface area (Å²) in [6.45, 7) is 0. The van der Waals surface area contributed by atoms with E-state index in [9.17, 15) is 4.79 Å². The van der Waals surface area contributed by atoms with Gasteiger partial charge in [-0.3, -0.25) is 4.79 Å². The average molecular weight is 256 g/mol. The molecule has 0 saturated heterocycles. The van der Waals surface area contributed by atoms with Crippen LogP contribution in [0.25, 0.3) is 0 Å². The number of rotatable bonds is 5. The summed E-state index contributed by atoms with van der Waals surface area (Å²) < 4.78 is 5.85. The third-order valence-electron chi connectivity index (χ3n) is 2.64. The maximum absolute atomic E-state index is 10.5. The molecule has 0 bridgehead atoms. The highest BCUT2D eigenvalue weighted by Crippen LogP contribution is 2.33. The van der Waals surface area contributed by atoms with Crippen LogP contribution in [0.1, 0.15) is 0 Å². The van der Waals surface area contributed by atoms with Gasteiger partial charge < -0.3 is 15.0 Å². The maximum Gasteiger partial charge on any atom is 0.211 e. The van der Waals surface area contributed by atoms with Crippen LogP contribution in [0.4, 0.5) is 11.4 Å². The number of ether oxygens (including phenoxy) is 1. The molecule has 0 aromatic heterocycles. The van der Waals surface area contributed by atoms with E-state index >= 15 is 0 Å². The van der Waals surface area contributed by atoms with Crippen LogP contribution >= 0.6 is 0 Å². The lowest BCUT2D eigenvalue weighted by molar-refractivity contribution is -0.105. The Balaban J connectivity index is 2.31. The van der Waals surface area contributed by atoms with Gasteiger partial charge in [0.1, 0.15) is 5.75 Å². The van der Waals surface area contributed by atoms with Gasteiger partial charge in [0.15, 0.2) is 5.75 Å². The molecule has 0 fully saturated rings. The van der Waals surface area contributed by atoms with Crippen molar-refractivity contribution in [1.82, 2.24) is 0 Å². The number of amides is 1. The molecule has 0 heterocycles. The van der Waals surface area contributed by atoms with Crippen molar-refractivity contribution in [3.63, 3.8) is 0 Å². The zero-order valence-corrected chi connectivity index (χ0v) is 11.0. The first-order valence-corrected chi connectivity index (χ1v) is 5.95. The standard InChI is InChI=1S/C15H16N2O2/c1-17(2)14-10-12(16-11-18)8-9-15(14)19-13-6-4-3-5-7-13/h3-11H,1-2H3,(H,16,18). The SMILES string of the molecule is CN(C)c1cc(NC=O)ccc1Oc1ccccc1. The molecule has 0 unspecified atom stereocenters. The van der Waals surface area contributed by atoms with E-state index in [-0.39, 0.29) is 0 Å². The van der Waals surface area contributed by atoms with E-state index < -0.39 is 0 Å². The molecule has 2 aromatic carbocycles. The molecule has 19 heavy (non-hydrogen) atoms. The van der Waals surface area contributed by atoms with Gasteiger partial charge >= 0.3 is 0 Å². The van der Waals surface area contributed by atoms with Crippen molar-refractivity contribution in [2.45, 2.75) is 0 Å². The minimum absolute atomic E-state index is 0.659. The highest BCUT2D eigenvalue weighted by Gasteiger charge is 2.08. The topological polar surface area (TPSA) is 41.6 Å². The van der Waals surface area contributed by atoms with Gasteiger partial charge in [-0.25, -0.2) is 0 Å². The smallest absolute Gasteiger partial charge is 0.211 e. The summed E-state index contributed by atoms with van der Waals surface area (Å²) in [6, 6.07) is 15.1. The number of hydrogen-bond donors (Lipinski definition) is 1. The van der Waals surface area contributed by atoms with E-state index in [0.717, 1.165) is 22.9 Å². The van der Waals surface area contributed by atoms with Crippen LogP contribution in [-0.2, 0) is 4.79 Å². The molecule has 0 spiro atoms. The summed E-state index contributed by atoms with van der Waals surface area (Å²) in [7, 11) is 3.86. The van der Waals surface area contributed by atoms with Gasteiger partial charge in [-0.1, -0.05) is 18.2 Å². The first kappa shape index (κ1) is 13.0. The molecule has 0 aliphatic rings. The minimum atomic E-state index is 0.659. The van der Waals surface area contributed by atoms with Crippen molar-refractivity contribution in [2.75, 3.05) is 24.3 Å². The number of anilines is 2. The molecule has 1 N–H and O–H groups in total. The fraction of sp³-hybridized carbons (Fsp3) is 0.133. The Morgan fingerprint density at radius 1 is 1.11 bits per heavy atom. The zero-order chi connectivity index (χ0) is 13.7. The minimum Gasteiger partial charge on any atom is -0.455 e. The number of nitrogens with one attached hydrogen (secondary N) is 1. The highest BCUT2D eigenvalue weighted by atomic mass is 16.5. The van der Waals surface area contributed by atoms with E-state index in [1.165, 1.54) is 0 Å². The molecule has 0 aliphatic heterocycles. The van der Waals surface area contributed by atoms with Crippen LogP contribution in [0.2, 0.25) is 0 Å². The van der Waals surface area contributed by atoms with E-state index in [1.807, 2.05) is 61.5 Å². The van der Waals surface area contributed by atoms with Gasteiger partial charge in [0.05, 0.1) is 5.69 Å². The molecule has 4 heteroatoms. The number of carbonyl (C=O) groups excluding carboxylic acids is 1. The van der Waals surface area contributed by atoms with Crippen molar-refractivity contribution >= 4 is 17.8 Å². The molecular formula is C15H16N2O2. The lowest BCUT2D eigenvalue weighted by Crippen LogP contribution is -2.10. The Labute approximate surface area is 112 Å². The normalized spacial score (nSPS) is 9.79. The van der Waals surface area contributed by atoms with Crippen LogP contribution in [0.3, 0.4) is 0 Å². The van der Waals surface area contributed by atoms with Gasteiger partial charge in [0.2, 0.25) is 6.41 Å². The van der Waals surface area contributed by atoms with Gasteiger partial charge in [0.25, 0.3) is 0 Å². The lowest BCUT2D eigenvalue weighted by Gasteiger charge is -2.18. The Kier molecular flexibility index (Phi) is 4.03. The van der Waals surface area contributed by atoms with Crippen molar-refractivity contribution in [3.8, 4) is 11.5 Å². The first-order chi connectivity index (χ1) is 9.20. The predicted octanol–water partition coefficient (Wildman–Crippen LogP) is 3.11. The Morgan fingerprint density at radius 2 is 1.84 bits per heavy atom. The third kappa shape index (κ3) is 3.25. The largest absolute Gasteiger partial charge is 0.455 e. The molecule has 4 nitrogen and oxygen atoms in total. The van der Waals surface area contributed by atoms with Crippen LogP contribution in [0, 0.1) is 0 Å². The molecule has 98 valence electrons. The number of carbonyl (C=O) groups is 1. The maximum atomic E-state index is 10.5. The Hall–Kier alpha value is -2.49. The summed E-state index contributed by atoms with van der Waals surface area (Å²) in [5.41, 5.74) is 1.63. The highest BCUT2D eigenvalue weighted by molar-refractivity contribution is 5.76. The van der Waals surface area contributed by atoms with Crippen molar-refractivity contribution in [1.29, 1.82) is 0 Å². The van der Waals surface area contributed by atoms with Crippen molar-refractivity contribution in [2.24, 2.45) is 0 Å². The molecule has 1 amide bonds. The predicted molar refractivity (Wildman–Crippen MR) is 77.0 cm³/mol. The molecule has 0 radical (unpaired) electrons. The summed E-state index contributed by atoms with van der Waals surface area (Å²) in [6.07, 6.45) is 0.659. The number of nitrogens with zero attached hydrogens (tertiary/aromatic N) is 1. The van der Waals surface area contributed by atoms with E-state index in [4.69, 9.17) is 4.74 Å². The molecule has 2 rings (SSSR count). The summed E-state index contributed by atoms with van der Waals surface area (Å²) in [5.74, 6) is 1.52. The first-order valence-electron chi connectivity index (χ1n) is 5.95. The number of hydrogen-bond acceptors (Lipinski definition) is 3. The second kappa shape index (κ2) is 5.91. The van der Waals surface area contributed by atoms with Crippen molar-refractivity contribution < 1.29 is 9.53 Å². The average Bonchev–Trinajstić information content (AvgIpc) is 2.42. The van der Waals surface area contributed by atoms with Crippen LogP contribution < -0.4 is 15.0 Å². The molecular weight excluding hydrogens is 240 g/mol. The second-order valence-electron chi connectivity index (χ2n) is 4.25. The summed E-state index contributed by atoms with van der Waals surface area (Å²) in [4.78, 5) is 12.4. The Bertz CT molecular complexity index is 553. The van der Waals surface area contributed by atoms with E-state index in [0.29, 0.717) is 6.41 Å². The quantitative estimate of drug-likeness (QED) is 0.836. The van der Waals surface area contributed by atoms with Gasteiger partial charge in [-0.15, -0.1) is 0 Å². The number of benzene rings is 2. The van der Waals surface area contributed by atoms with Gasteiger partial charge in [-0.05, 0) is 30.3 Å². The van der Waals surface area contributed by atoms with Crippen LogP contribution in [0.5, 0.6) is 11.5 Å². The van der Waals surface area contributed by atoms with Crippen LogP contribution in [0.15, 0.2) is 48.5 Å². The fourth-order valence-electron chi connectivity index (χ4n) is 1.73. The van der Waals surface area contributed by atoms with Crippen molar-refractivity contribution in [3.05, 3.63) is 48.5 Å². The summed E-state index contributed by atoms with van der Waals surface area (Å²) >= 11 is 0. The fourth-order valence-corrected chi connectivity index (χ4v) is 1.73. The monoisotopic (exact) mass is 256 g/mol. The molecule has 0 atom stereocenters. The van der Waals surface area contributed by atoms with E-state index in [2.05, 4.69) is 5.32 Å². The molecule has 0 saturated carbocycles. The molecule has 0 aliphatic carbocycles. The Morgan fingerprint density at radius 3 is 2.47 bits per heavy atom. The zero-order valence-electron chi connectivity index (χ0n) is 11.0. The van der Waals surface area contributed by atoms with Crippen LogP contribution in [-0.4, -0.2) is 20.5 Å². The van der Waals surface area contributed by atoms with E-state index in [1.54, 1.807) is 6.07 Å². The lowest BCUT2D eigenvalue weighted by atomic mass is 10.2. The van der Waals surface area contributed by atoms with Gasteiger partial charge in [0, 0.05) is 19.8 Å².